The molecule has 0 unspecified atom stereocenters. The lowest BCUT2D eigenvalue weighted by molar-refractivity contribution is 0.0950. The number of aromatic nitrogens is 2. The Bertz CT molecular complexity index is 884. The van der Waals surface area contributed by atoms with E-state index in [0.717, 1.165) is 16.9 Å². The third-order valence-corrected chi connectivity index (χ3v) is 3.86. The molecule has 0 radical (unpaired) electrons. The summed E-state index contributed by atoms with van der Waals surface area (Å²) in [4.78, 5) is 20.8. The monoisotopic (exact) mass is 352 g/mol. The first-order chi connectivity index (χ1) is 12.1. The number of halogens is 1. The molecule has 2 aromatic heterocycles. The van der Waals surface area contributed by atoms with Crippen LogP contribution in [0.5, 0.6) is 0 Å². The molecule has 0 atom stereocenters. The fourth-order valence-corrected chi connectivity index (χ4v) is 2.55. The molecule has 0 aliphatic carbocycles. The molecular formula is C19H17ClN4O. The van der Waals surface area contributed by atoms with Gasteiger partial charge >= 0.3 is 0 Å². The number of hydrogen-bond donors (Lipinski definition) is 2. The molecule has 0 aliphatic heterocycles. The van der Waals surface area contributed by atoms with Crippen LogP contribution < -0.4 is 10.6 Å². The zero-order valence-corrected chi connectivity index (χ0v) is 14.4. The Labute approximate surface area is 151 Å². The Balaban J connectivity index is 1.69. The minimum atomic E-state index is -0.177. The van der Waals surface area contributed by atoms with Crippen molar-refractivity contribution in [2.45, 2.75) is 13.5 Å². The highest BCUT2D eigenvalue weighted by Crippen LogP contribution is 2.23. The molecular weight excluding hydrogens is 336 g/mol. The number of carbonyl (C=O) groups is 1. The largest absolute Gasteiger partial charge is 0.346 e. The molecule has 0 spiro atoms. The molecule has 3 aromatic rings. The quantitative estimate of drug-likeness (QED) is 0.725. The number of nitrogens with one attached hydrogen (secondary N) is 2. The van der Waals surface area contributed by atoms with Gasteiger partial charge in [0.2, 0.25) is 0 Å². The molecule has 1 amide bonds. The van der Waals surface area contributed by atoms with Crippen LogP contribution in [-0.2, 0) is 6.54 Å². The summed E-state index contributed by atoms with van der Waals surface area (Å²) in [5, 5.41) is 6.74. The van der Waals surface area contributed by atoms with Gasteiger partial charge in [0.25, 0.3) is 5.91 Å². The number of pyridine rings is 2. The first kappa shape index (κ1) is 16.9. The van der Waals surface area contributed by atoms with Gasteiger partial charge in [0.05, 0.1) is 12.2 Å². The summed E-state index contributed by atoms with van der Waals surface area (Å²) in [5.41, 5.74) is 3.22. The predicted octanol–water partition coefficient (Wildman–Crippen LogP) is 4.11. The van der Waals surface area contributed by atoms with Gasteiger partial charge in [-0.15, -0.1) is 0 Å². The van der Waals surface area contributed by atoms with Crippen LogP contribution in [0, 0.1) is 6.92 Å². The van der Waals surface area contributed by atoms with Crippen LogP contribution in [0.15, 0.2) is 60.9 Å². The number of nitrogens with zero attached hydrogens (tertiary/aromatic N) is 2. The van der Waals surface area contributed by atoms with Crippen LogP contribution in [-0.4, -0.2) is 15.9 Å². The lowest BCUT2D eigenvalue weighted by atomic mass is 10.2. The molecule has 0 aliphatic rings. The van der Waals surface area contributed by atoms with E-state index in [1.807, 2.05) is 37.3 Å². The van der Waals surface area contributed by atoms with Crippen molar-refractivity contribution in [2.24, 2.45) is 0 Å². The third-order valence-electron chi connectivity index (χ3n) is 3.63. The molecule has 0 bridgehead atoms. The molecule has 0 saturated carbocycles. The van der Waals surface area contributed by atoms with E-state index < -0.39 is 0 Å². The van der Waals surface area contributed by atoms with Gasteiger partial charge in [-0.3, -0.25) is 9.78 Å². The van der Waals surface area contributed by atoms with Gasteiger partial charge < -0.3 is 10.6 Å². The highest BCUT2D eigenvalue weighted by atomic mass is 35.5. The van der Waals surface area contributed by atoms with E-state index in [1.165, 1.54) is 0 Å². The maximum Gasteiger partial charge on any atom is 0.251 e. The van der Waals surface area contributed by atoms with Crippen molar-refractivity contribution in [1.82, 2.24) is 15.3 Å². The lowest BCUT2D eigenvalue weighted by Crippen LogP contribution is -2.23. The van der Waals surface area contributed by atoms with Crippen LogP contribution in [0.4, 0.5) is 11.5 Å². The van der Waals surface area contributed by atoms with Gasteiger partial charge in [-0.1, -0.05) is 17.7 Å². The zero-order valence-electron chi connectivity index (χ0n) is 13.7. The SMILES string of the molecule is Cc1cc(Cl)ccc1Nc1cc(C(=O)NCc2ccccn2)ccn1. The Morgan fingerprint density at radius 2 is 1.96 bits per heavy atom. The maximum absolute atomic E-state index is 12.3. The number of benzene rings is 1. The average molecular weight is 353 g/mol. The van der Waals surface area contributed by atoms with Crippen LogP contribution in [0.25, 0.3) is 0 Å². The molecule has 5 nitrogen and oxygen atoms in total. The van der Waals surface area contributed by atoms with E-state index in [2.05, 4.69) is 20.6 Å². The standard InChI is InChI=1S/C19H17ClN4O/c1-13-10-15(20)5-6-17(13)24-18-11-14(7-9-22-18)19(25)23-12-16-4-2-3-8-21-16/h2-11H,12H2,1H3,(H,22,24)(H,23,25). The number of anilines is 2. The Morgan fingerprint density at radius 3 is 2.72 bits per heavy atom. The summed E-state index contributed by atoms with van der Waals surface area (Å²) < 4.78 is 0. The summed E-state index contributed by atoms with van der Waals surface area (Å²) in [6.07, 6.45) is 3.30. The molecule has 6 heteroatoms. The normalized spacial score (nSPS) is 10.3. The summed E-state index contributed by atoms with van der Waals surface area (Å²) >= 11 is 5.97. The van der Waals surface area contributed by atoms with Crippen molar-refractivity contribution in [2.75, 3.05) is 5.32 Å². The Kier molecular flexibility index (Phi) is 5.26. The van der Waals surface area contributed by atoms with Gasteiger partial charge in [0.15, 0.2) is 0 Å². The van der Waals surface area contributed by atoms with Crippen LogP contribution in [0.2, 0.25) is 5.02 Å². The van der Waals surface area contributed by atoms with Gasteiger partial charge in [-0.25, -0.2) is 4.98 Å². The van der Waals surface area contributed by atoms with Crippen molar-refractivity contribution >= 4 is 29.0 Å². The number of rotatable bonds is 5. The highest BCUT2D eigenvalue weighted by molar-refractivity contribution is 6.30. The topological polar surface area (TPSA) is 66.9 Å². The first-order valence-electron chi connectivity index (χ1n) is 7.79. The lowest BCUT2D eigenvalue weighted by Gasteiger charge is -2.10. The van der Waals surface area contributed by atoms with E-state index in [0.29, 0.717) is 22.9 Å². The fraction of sp³-hybridized carbons (Fsp3) is 0.105. The number of amides is 1. The zero-order chi connectivity index (χ0) is 17.6. The van der Waals surface area contributed by atoms with Gasteiger partial charge in [-0.2, -0.15) is 0 Å². The van der Waals surface area contributed by atoms with E-state index in [4.69, 9.17) is 11.6 Å². The molecule has 0 saturated heterocycles. The van der Waals surface area contributed by atoms with E-state index in [9.17, 15) is 4.79 Å². The smallest absolute Gasteiger partial charge is 0.251 e. The fourth-order valence-electron chi connectivity index (χ4n) is 2.32. The Morgan fingerprint density at radius 1 is 1.08 bits per heavy atom. The summed E-state index contributed by atoms with van der Waals surface area (Å²) in [6, 6.07) is 14.5. The van der Waals surface area contributed by atoms with Crippen LogP contribution >= 0.6 is 11.6 Å². The minimum absolute atomic E-state index is 0.177. The van der Waals surface area contributed by atoms with Gasteiger partial charge in [-0.05, 0) is 55.0 Å². The van der Waals surface area contributed by atoms with Crippen LogP contribution in [0.1, 0.15) is 21.6 Å². The summed E-state index contributed by atoms with van der Waals surface area (Å²) in [6.45, 7) is 2.33. The summed E-state index contributed by atoms with van der Waals surface area (Å²) in [5.74, 6) is 0.417. The van der Waals surface area contributed by atoms with Gasteiger partial charge in [0, 0.05) is 28.7 Å². The second kappa shape index (κ2) is 7.77. The van der Waals surface area contributed by atoms with E-state index in [-0.39, 0.29) is 5.91 Å². The highest BCUT2D eigenvalue weighted by Gasteiger charge is 2.08. The second-order valence-corrected chi connectivity index (χ2v) is 5.95. The second-order valence-electron chi connectivity index (χ2n) is 5.52. The molecule has 126 valence electrons. The number of hydrogen-bond acceptors (Lipinski definition) is 4. The predicted molar refractivity (Wildman–Crippen MR) is 99.1 cm³/mol. The van der Waals surface area contributed by atoms with Gasteiger partial charge in [0.1, 0.15) is 5.82 Å². The van der Waals surface area contributed by atoms with E-state index >= 15 is 0 Å². The number of carbonyl (C=O) groups excluding carboxylic acids is 1. The van der Waals surface area contributed by atoms with E-state index in [1.54, 1.807) is 30.6 Å². The molecule has 2 N–H and O–H groups in total. The van der Waals surface area contributed by atoms with Crippen molar-refractivity contribution in [3.8, 4) is 0 Å². The van der Waals surface area contributed by atoms with Crippen molar-refractivity contribution in [1.29, 1.82) is 0 Å². The molecule has 0 fully saturated rings. The van der Waals surface area contributed by atoms with Crippen molar-refractivity contribution in [3.63, 3.8) is 0 Å². The maximum atomic E-state index is 12.3. The third kappa shape index (κ3) is 4.55. The van der Waals surface area contributed by atoms with Crippen LogP contribution in [0.3, 0.4) is 0 Å². The molecule has 25 heavy (non-hydrogen) atoms. The first-order valence-corrected chi connectivity index (χ1v) is 8.17. The number of aryl methyl sites for hydroxylation is 1. The minimum Gasteiger partial charge on any atom is -0.346 e. The average Bonchev–Trinajstić information content (AvgIpc) is 2.63. The molecule has 3 rings (SSSR count). The van der Waals surface area contributed by atoms with Crippen molar-refractivity contribution in [3.05, 3.63) is 82.8 Å². The molecule has 1 aromatic carbocycles. The molecule has 2 heterocycles. The summed E-state index contributed by atoms with van der Waals surface area (Å²) in [7, 11) is 0. The Hall–Kier alpha value is -2.92. The van der Waals surface area contributed by atoms with Crippen molar-refractivity contribution < 1.29 is 4.79 Å².